The van der Waals surface area contributed by atoms with E-state index in [9.17, 15) is 14.0 Å². The van der Waals surface area contributed by atoms with Gasteiger partial charge < -0.3 is 20.5 Å². The number of aryl methyl sites for hydroxylation is 1. The van der Waals surface area contributed by atoms with Crippen molar-refractivity contribution in [2.75, 3.05) is 18.4 Å². The van der Waals surface area contributed by atoms with Gasteiger partial charge in [-0.05, 0) is 68.7 Å². The Morgan fingerprint density at radius 1 is 1.06 bits per heavy atom. The Bertz CT molecular complexity index is 1350. The van der Waals surface area contributed by atoms with Crippen molar-refractivity contribution >= 4 is 29.2 Å². The molecule has 35 heavy (non-hydrogen) atoms. The quantitative estimate of drug-likeness (QED) is 0.482. The summed E-state index contributed by atoms with van der Waals surface area (Å²) in [6.45, 7) is 9.28. The molecule has 2 aliphatic heterocycles. The highest BCUT2D eigenvalue weighted by molar-refractivity contribution is 6.36. The van der Waals surface area contributed by atoms with Crippen LogP contribution in [0.4, 0.5) is 10.1 Å². The number of aromatic amines is 1. The molecule has 1 aromatic heterocycles. The molecule has 1 saturated heterocycles. The molecule has 3 N–H and O–H groups in total. The maximum atomic E-state index is 13.5. The number of piperazine rings is 1. The highest BCUT2D eigenvalue weighted by Gasteiger charge is 2.31. The normalized spacial score (nSPS) is 20.8. The van der Waals surface area contributed by atoms with Crippen LogP contribution in [-0.2, 0) is 4.79 Å². The highest BCUT2D eigenvalue weighted by Crippen LogP contribution is 2.40. The third-order valence-electron chi connectivity index (χ3n) is 6.81. The molecule has 180 valence electrons. The average molecular weight is 473 g/mol. The lowest BCUT2D eigenvalue weighted by atomic mass is 9.94. The number of amides is 2. The zero-order valence-corrected chi connectivity index (χ0v) is 20.3. The maximum absolute atomic E-state index is 13.5. The fourth-order valence-electron chi connectivity index (χ4n) is 5.29. The van der Waals surface area contributed by atoms with E-state index in [1.54, 1.807) is 12.1 Å². The number of hydrogen-bond donors (Lipinski definition) is 3. The first-order valence-electron chi connectivity index (χ1n) is 11.9. The van der Waals surface area contributed by atoms with E-state index < -0.39 is 0 Å². The second-order valence-electron chi connectivity index (χ2n) is 9.59. The van der Waals surface area contributed by atoms with Crippen LogP contribution in [0.1, 0.15) is 46.7 Å². The number of nitrogens with zero attached hydrogens (tertiary/aromatic N) is 1. The number of nitrogens with one attached hydrogen (secondary N) is 3. The van der Waals surface area contributed by atoms with E-state index in [2.05, 4.69) is 29.5 Å². The largest absolute Gasteiger partial charge is 0.358 e. The summed E-state index contributed by atoms with van der Waals surface area (Å²) >= 11 is 0. The average Bonchev–Trinajstić information content (AvgIpc) is 3.28. The number of hydrogen-bond acceptors (Lipinski definition) is 3. The first-order chi connectivity index (χ1) is 16.7. The Morgan fingerprint density at radius 3 is 2.43 bits per heavy atom. The summed E-state index contributed by atoms with van der Waals surface area (Å²) in [6, 6.07) is 12.4. The number of aromatic nitrogens is 1. The van der Waals surface area contributed by atoms with Crippen LogP contribution < -0.4 is 10.6 Å². The number of benzene rings is 2. The fourth-order valence-corrected chi connectivity index (χ4v) is 5.29. The maximum Gasteiger partial charge on any atom is 0.256 e. The minimum absolute atomic E-state index is 0.00405. The Labute approximate surface area is 204 Å². The first-order valence-corrected chi connectivity index (χ1v) is 11.9. The van der Waals surface area contributed by atoms with Gasteiger partial charge in [-0.25, -0.2) is 4.39 Å². The molecule has 0 unspecified atom stereocenters. The summed E-state index contributed by atoms with van der Waals surface area (Å²) in [7, 11) is 0. The summed E-state index contributed by atoms with van der Waals surface area (Å²) in [4.78, 5) is 31.7. The summed E-state index contributed by atoms with van der Waals surface area (Å²) in [5, 5.41) is 6.39. The lowest BCUT2D eigenvalue weighted by Gasteiger charge is -2.36. The fraction of sp³-hybridized carbons (Fsp3) is 0.286. The number of anilines is 1. The van der Waals surface area contributed by atoms with Gasteiger partial charge in [0.2, 0.25) is 0 Å². The van der Waals surface area contributed by atoms with Crippen LogP contribution in [0.25, 0.3) is 22.8 Å². The molecule has 6 nitrogen and oxygen atoms in total. The van der Waals surface area contributed by atoms with Crippen molar-refractivity contribution in [2.45, 2.75) is 39.8 Å². The van der Waals surface area contributed by atoms with Gasteiger partial charge in [0, 0.05) is 47.8 Å². The van der Waals surface area contributed by atoms with Crippen LogP contribution in [0.2, 0.25) is 0 Å². The van der Waals surface area contributed by atoms with Crippen molar-refractivity contribution in [3.05, 3.63) is 76.4 Å². The first kappa shape index (κ1) is 23.1. The molecular weight excluding hydrogens is 443 g/mol. The van der Waals surface area contributed by atoms with Crippen LogP contribution in [0, 0.1) is 19.7 Å². The highest BCUT2D eigenvalue weighted by atomic mass is 19.1. The number of H-pyrrole nitrogens is 1. The van der Waals surface area contributed by atoms with Gasteiger partial charge >= 0.3 is 0 Å². The van der Waals surface area contributed by atoms with E-state index in [1.807, 2.05) is 43.0 Å². The predicted molar refractivity (Wildman–Crippen MR) is 137 cm³/mol. The molecule has 2 atom stereocenters. The van der Waals surface area contributed by atoms with Crippen LogP contribution in [-0.4, -0.2) is 46.9 Å². The SMILES string of the molecule is Cc1[nH]c(C=C2C(=O)Nc3cccc(-c4ccc(F)cc4)c32)c(C)c1C(=O)N1C[C@@H](C)N[C@@H](C)C1. The summed E-state index contributed by atoms with van der Waals surface area (Å²) in [5.74, 6) is -0.516. The van der Waals surface area contributed by atoms with E-state index in [0.717, 1.165) is 33.6 Å². The predicted octanol–water partition coefficient (Wildman–Crippen LogP) is 4.75. The molecule has 3 aromatic rings. The molecule has 7 heteroatoms. The lowest BCUT2D eigenvalue weighted by Crippen LogP contribution is -2.55. The molecule has 2 aromatic carbocycles. The lowest BCUT2D eigenvalue weighted by molar-refractivity contribution is -0.110. The number of fused-ring (bicyclic) bond motifs is 1. The Kier molecular flexibility index (Phi) is 5.81. The third kappa shape index (κ3) is 4.17. The summed E-state index contributed by atoms with van der Waals surface area (Å²) in [6.07, 6.45) is 1.82. The molecular formula is C28H29FN4O2. The van der Waals surface area contributed by atoms with Crippen LogP contribution in [0.15, 0.2) is 42.5 Å². The van der Waals surface area contributed by atoms with Crippen molar-refractivity contribution in [3.8, 4) is 11.1 Å². The Morgan fingerprint density at radius 2 is 1.74 bits per heavy atom. The zero-order valence-electron chi connectivity index (χ0n) is 20.3. The Hall–Kier alpha value is -3.71. The smallest absolute Gasteiger partial charge is 0.256 e. The Balaban J connectivity index is 1.55. The molecule has 0 spiro atoms. The zero-order chi connectivity index (χ0) is 24.9. The molecule has 0 saturated carbocycles. The van der Waals surface area contributed by atoms with Crippen LogP contribution in [0.3, 0.4) is 0 Å². The minimum Gasteiger partial charge on any atom is -0.358 e. The van der Waals surface area contributed by atoms with E-state index in [4.69, 9.17) is 0 Å². The van der Waals surface area contributed by atoms with E-state index in [1.165, 1.54) is 12.1 Å². The van der Waals surface area contributed by atoms with Crippen LogP contribution in [0.5, 0.6) is 0 Å². The summed E-state index contributed by atoms with van der Waals surface area (Å²) < 4.78 is 13.5. The van der Waals surface area contributed by atoms with E-state index in [0.29, 0.717) is 29.9 Å². The van der Waals surface area contributed by atoms with Crippen LogP contribution >= 0.6 is 0 Å². The van der Waals surface area contributed by atoms with Crippen molar-refractivity contribution in [3.63, 3.8) is 0 Å². The van der Waals surface area contributed by atoms with E-state index in [-0.39, 0.29) is 29.7 Å². The van der Waals surface area contributed by atoms with Gasteiger partial charge in [0.1, 0.15) is 5.82 Å². The standard InChI is InChI=1S/C28H29FN4O2/c1-15-13-33(14-16(2)30-15)28(35)25-17(3)24(31-18(25)4)12-22-26-21(19-8-10-20(29)11-9-19)6-5-7-23(26)32-27(22)34/h5-12,15-16,30-31H,13-14H2,1-4H3,(H,32,34)/t15-,16+. The van der Waals surface area contributed by atoms with Crippen molar-refractivity contribution in [1.82, 2.24) is 15.2 Å². The van der Waals surface area contributed by atoms with Gasteiger partial charge in [-0.2, -0.15) is 0 Å². The van der Waals surface area contributed by atoms with Gasteiger partial charge in [0.15, 0.2) is 0 Å². The van der Waals surface area contributed by atoms with Crippen molar-refractivity contribution in [2.24, 2.45) is 0 Å². The number of halogens is 1. The van der Waals surface area contributed by atoms with Gasteiger partial charge in [-0.1, -0.05) is 24.3 Å². The molecule has 5 rings (SSSR count). The number of carbonyl (C=O) groups is 2. The molecule has 1 fully saturated rings. The van der Waals surface area contributed by atoms with E-state index >= 15 is 0 Å². The molecule has 3 heterocycles. The monoisotopic (exact) mass is 472 g/mol. The number of carbonyl (C=O) groups excluding carboxylic acids is 2. The third-order valence-corrected chi connectivity index (χ3v) is 6.81. The molecule has 0 aliphatic carbocycles. The van der Waals surface area contributed by atoms with Gasteiger partial charge in [-0.15, -0.1) is 0 Å². The van der Waals surface area contributed by atoms with Gasteiger partial charge in [-0.3, -0.25) is 9.59 Å². The van der Waals surface area contributed by atoms with Crippen molar-refractivity contribution < 1.29 is 14.0 Å². The van der Waals surface area contributed by atoms with Crippen molar-refractivity contribution in [1.29, 1.82) is 0 Å². The molecule has 2 aliphatic rings. The molecule has 0 radical (unpaired) electrons. The number of rotatable bonds is 3. The summed E-state index contributed by atoms with van der Waals surface area (Å²) in [5.41, 5.74) is 6.64. The minimum atomic E-state index is -0.311. The second kappa shape index (κ2) is 8.82. The topological polar surface area (TPSA) is 77.2 Å². The van der Waals surface area contributed by atoms with Gasteiger partial charge in [0.05, 0.1) is 11.1 Å². The second-order valence-corrected chi connectivity index (χ2v) is 9.59. The molecule has 2 amide bonds. The van der Waals surface area contributed by atoms with Gasteiger partial charge in [0.25, 0.3) is 11.8 Å². The molecule has 0 bridgehead atoms.